The minimum Gasteiger partial charge on any atom is -0.496 e. The maximum Gasteiger partial charge on any atom is 0.394 e. The van der Waals surface area contributed by atoms with E-state index in [1.54, 1.807) is 20.8 Å². The van der Waals surface area contributed by atoms with Crippen LogP contribution in [0.25, 0.3) is 10.9 Å². The van der Waals surface area contributed by atoms with E-state index in [-0.39, 0.29) is 28.9 Å². The number of anilines is 1. The van der Waals surface area contributed by atoms with E-state index in [0.717, 1.165) is 12.1 Å². The molecule has 0 unspecified atom stereocenters. The topological polar surface area (TPSA) is 47.0 Å². The average molecular weight is 451 g/mol. The highest BCUT2D eigenvalue weighted by atomic mass is 19.4. The van der Waals surface area contributed by atoms with E-state index in [1.165, 1.54) is 25.4 Å². The lowest BCUT2D eigenvalue weighted by atomic mass is 9.65. The van der Waals surface area contributed by atoms with Crippen molar-refractivity contribution in [1.82, 2.24) is 9.97 Å². The Labute approximate surface area is 181 Å². The van der Waals surface area contributed by atoms with Gasteiger partial charge in [-0.25, -0.2) is 18.7 Å². The van der Waals surface area contributed by atoms with Gasteiger partial charge in [0.2, 0.25) is 0 Å². The van der Waals surface area contributed by atoms with Gasteiger partial charge in [0, 0.05) is 35.0 Å². The normalized spacial score (nSPS) is 20.2. The molecular formula is C23H22F5N3O. The van der Waals surface area contributed by atoms with E-state index >= 15 is 0 Å². The number of rotatable bonds is 3. The van der Waals surface area contributed by atoms with Crippen LogP contribution in [0.15, 0.2) is 30.5 Å². The fourth-order valence-electron chi connectivity index (χ4n) is 4.68. The van der Waals surface area contributed by atoms with Gasteiger partial charge in [-0.1, -0.05) is 13.8 Å². The van der Waals surface area contributed by atoms with Gasteiger partial charge >= 0.3 is 6.18 Å². The van der Waals surface area contributed by atoms with E-state index in [9.17, 15) is 22.0 Å². The van der Waals surface area contributed by atoms with Crippen LogP contribution in [0.1, 0.15) is 43.3 Å². The lowest BCUT2D eigenvalue weighted by molar-refractivity contribution is -0.186. The Kier molecular flexibility index (Phi) is 5.26. The lowest BCUT2D eigenvalue weighted by Gasteiger charge is -2.44. The summed E-state index contributed by atoms with van der Waals surface area (Å²) in [6.07, 6.45) is -3.41. The van der Waals surface area contributed by atoms with Crippen molar-refractivity contribution in [1.29, 1.82) is 0 Å². The zero-order valence-electron chi connectivity index (χ0n) is 17.9. The molecule has 9 heteroatoms. The largest absolute Gasteiger partial charge is 0.496 e. The van der Waals surface area contributed by atoms with E-state index in [1.807, 2.05) is 0 Å². The van der Waals surface area contributed by atoms with Crippen molar-refractivity contribution in [3.8, 4) is 5.75 Å². The summed E-state index contributed by atoms with van der Waals surface area (Å²) >= 11 is 0. The number of ether oxygens (including phenoxy) is 1. The molecule has 1 N–H and O–H groups in total. The summed E-state index contributed by atoms with van der Waals surface area (Å²) in [5.41, 5.74) is 0.0553. The molecule has 1 aromatic heterocycles. The number of alkyl halides is 3. The van der Waals surface area contributed by atoms with E-state index in [2.05, 4.69) is 15.3 Å². The summed E-state index contributed by atoms with van der Waals surface area (Å²) in [4.78, 5) is 8.27. The van der Waals surface area contributed by atoms with Crippen LogP contribution in [0.2, 0.25) is 0 Å². The molecule has 0 amide bonds. The first-order chi connectivity index (χ1) is 14.9. The molecular weight excluding hydrogens is 429 g/mol. The minimum atomic E-state index is -4.58. The molecule has 0 saturated heterocycles. The summed E-state index contributed by atoms with van der Waals surface area (Å²) in [5.74, 6) is -2.63. The summed E-state index contributed by atoms with van der Waals surface area (Å²) in [6, 6.07) is 3.19. The zero-order chi connectivity index (χ0) is 23.4. The third-order valence-corrected chi connectivity index (χ3v) is 5.98. The van der Waals surface area contributed by atoms with Crippen molar-refractivity contribution in [2.24, 2.45) is 5.92 Å². The van der Waals surface area contributed by atoms with Crippen LogP contribution in [-0.4, -0.2) is 23.3 Å². The van der Waals surface area contributed by atoms with E-state index in [0.29, 0.717) is 16.8 Å². The molecule has 2 atom stereocenters. The van der Waals surface area contributed by atoms with Crippen LogP contribution in [-0.2, 0) is 5.41 Å². The molecule has 0 saturated carbocycles. The number of methoxy groups -OCH3 is 1. The summed E-state index contributed by atoms with van der Waals surface area (Å²) in [7, 11) is 1.35. The SMILES string of the molecule is COc1cc(F)cc2c1C(C)(C)C[C@@H](C(F)(F)F)[C@@H]2Nc1cc(F)cc2nc(C)ncc12. The molecule has 32 heavy (non-hydrogen) atoms. The van der Waals surface area contributed by atoms with Crippen LogP contribution >= 0.6 is 0 Å². The van der Waals surface area contributed by atoms with Gasteiger partial charge in [0.25, 0.3) is 0 Å². The van der Waals surface area contributed by atoms with Gasteiger partial charge in [-0.05, 0) is 36.5 Å². The Bertz CT molecular complexity index is 1190. The van der Waals surface area contributed by atoms with Crippen molar-refractivity contribution >= 4 is 16.6 Å². The van der Waals surface area contributed by atoms with E-state index in [4.69, 9.17) is 4.74 Å². The molecule has 0 spiro atoms. The van der Waals surface area contributed by atoms with Gasteiger partial charge < -0.3 is 10.1 Å². The summed E-state index contributed by atoms with van der Waals surface area (Å²) < 4.78 is 76.6. The second kappa shape index (κ2) is 7.56. The molecule has 0 fully saturated rings. The molecule has 2 aromatic carbocycles. The lowest BCUT2D eigenvalue weighted by Crippen LogP contribution is -2.43. The second-order valence-electron chi connectivity index (χ2n) is 8.73. The second-order valence-corrected chi connectivity index (χ2v) is 8.73. The van der Waals surface area contributed by atoms with Gasteiger partial charge in [0.15, 0.2) is 0 Å². The molecule has 4 rings (SSSR count). The molecule has 1 aliphatic rings. The van der Waals surface area contributed by atoms with Gasteiger partial charge in [0.05, 0.1) is 24.6 Å². The van der Waals surface area contributed by atoms with Gasteiger partial charge in [-0.15, -0.1) is 0 Å². The van der Waals surface area contributed by atoms with Crippen molar-refractivity contribution < 1.29 is 26.7 Å². The van der Waals surface area contributed by atoms with Crippen LogP contribution in [0, 0.1) is 24.5 Å². The number of hydrogen-bond donors (Lipinski definition) is 1. The fraction of sp³-hybridized carbons (Fsp3) is 0.391. The minimum absolute atomic E-state index is 0.105. The maximum atomic E-state index is 14.4. The van der Waals surface area contributed by atoms with E-state index < -0.39 is 35.2 Å². The molecule has 170 valence electrons. The Morgan fingerprint density at radius 2 is 1.78 bits per heavy atom. The highest BCUT2D eigenvalue weighted by Crippen LogP contribution is 2.54. The van der Waals surface area contributed by atoms with Crippen LogP contribution < -0.4 is 10.1 Å². The van der Waals surface area contributed by atoms with Crippen molar-refractivity contribution in [2.75, 3.05) is 12.4 Å². The molecule has 4 nitrogen and oxygen atoms in total. The summed E-state index contributed by atoms with van der Waals surface area (Å²) in [6.45, 7) is 4.98. The quantitative estimate of drug-likeness (QED) is 0.479. The van der Waals surface area contributed by atoms with Crippen molar-refractivity contribution in [3.63, 3.8) is 0 Å². The highest BCUT2D eigenvalue weighted by Gasteiger charge is 2.53. The Morgan fingerprint density at radius 3 is 2.44 bits per heavy atom. The molecule has 0 bridgehead atoms. The van der Waals surface area contributed by atoms with Crippen LogP contribution in [0.5, 0.6) is 5.75 Å². The molecule has 0 aliphatic heterocycles. The Hall–Kier alpha value is -2.97. The van der Waals surface area contributed by atoms with Crippen LogP contribution in [0.4, 0.5) is 27.6 Å². The first-order valence-electron chi connectivity index (χ1n) is 10.0. The number of aromatic nitrogens is 2. The number of fused-ring (bicyclic) bond motifs is 2. The van der Waals surface area contributed by atoms with Crippen LogP contribution in [0.3, 0.4) is 0 Å². The number of benzene rings is 2. The van der Waals surface area contributed by atoms with Crippen molar-refractivity contribution in [3.05, 3.63) is 59.0 Å². The number of nitrogens with one attached hydrogen (secondary N) is 1. The van der Waals surface area contributed by atoms with Gasteiger partial charge in [-0.3, -0.25) is 0 Å². The average Bonchev–Trinajstić information content (AvgIpc) is 2.67. The predicted octanol–water partition coefficient (Wildman–Crippen LogP) is 6.24. The molecule has 0 radical (unpaired) electrons. The molecule has 3 aromatic rings. The first kappa shape index (κ1) is 22.2. The predicted molar refractivity (Wildman–Crippen MR) is 111 cm³/mol. The van der Waals surface area contributed by atoms with Gasteiger partial charge in [-0.2, -0.15) is 13.2 Å². The highest BCUT2D eigenvalue weighted by molar-refractivity contribution is 5.91. The molecule has 1 aliphatic carbocycles. The third kappa shape index (κ3) is 3.84. The monoisotopic (exact) mass is 451 g/mol. The standard InChI is InChI=1S/C23H22F5N3O/c1-11-29-10-15-17(30-11)6-13(25)7-18(15)31-21-14-5-12(24)8-19(32-4)20(14)22(2,3)9-16(21)23(26,27)28/h5-8,10,16,21,31H,9H2,1-4H3/t16-,21-/m1/s1. The Balaban J connectivity index is 1.94. The fourth-order valence-corrected chi connectivity index (χ4v) is 4.68. The first-order valence-corrected chi connectivity index (χ1v) is 10.0. The molecule has 1 heterocycles. The van der Waals surface area contributed by atoms with Crippen molar-refractivity contribution in [2.45, 2.75) is 44.8 Å². The summed E-state index contributed by atoms with van der Waals surface area (Å²) in [5, 5.41) is 3.22. The van der Waals surface area contributed by atoms with Gasteiger partial charge in [0.1, 0.15) is 23.2 Å². The number of halogens is 5. The number of nitrogens with zero attached hydrogens (tertiary/aromatic N) is 2. The maximum absolute atomic E-state index is 14.4. The number of hydrogen-bond acceptors (Lipinski definition) is 4. The zero-order valence-corrected chi connectivity index (χ0v) is 17.9. The number of aryl methyl sites for hydroxylation is 1. The smallest absolute Gasteiger partial charge is 0.394 e. The Morgan fingerprint density at radius 1 is 1.09 bits per heavy atom. The third-order valence-electron chi connectivity index (χ3n) is 5.98.